The summed E-state index contributed by atoms with van der Waals surface area (Å²) in [5.74, 6) is -0.374. The van der Waals surface area contributed by atoms with E-state index in [1.165, 1.54) is 7.11 Å². The minimum atomic E-state index is -0.575. The highest BCUT2D eigenvalue weighted by molar-refractivity contribution is 6.08. The molecule has 0 fully saturated rings. The van der Waals surface area contributed by atoms with Crippen LogP contribution in [0.4, 0.5) is 0 Å². The van der Waals surface area contributed by atoms with Crippen molar-refractivity contribution in [2.24, 2.45) is 0 Å². The lowest BCUT2D eigenvalue weighted by Crippen LogP contribution is -2.04. The Hall–Kier alpha value is -3.54. The number of hydrogen-bond donors (Lipinski definition) is 0. The van der Waals surface area contributed by atoms with Crippen molar-refractivity contribution in [2.45, 2.75) is 19.8 Å². The van der Waals surface area contributed by atoms with Gasteiger partial charge in [0, 0.05) is 22.9 Å². The van der Waals surface area contributed by atoms with Gasteiger partial charge in [-0.2, -0.15) is 0 Å². The van der Waals surface area contributed by atoms with Gasteiger partial charge in [-0.15, -0.1) is 0 Å². The maximum atomic E-state index is 11.6. The van der Waals surface area contributed by atoms with E-state index in [1.54, 1.807) is 6.07 Å². The number of methoxy groups -OCH3 is 1. The molecule has 1 aromatic heterocycles. The van der Waals surface area contributed by atoms with Crippen LogP contribution in [-0.2, 0) is 20.7 Å². The number of esters is 2. The van der Waals surface area contributed by atoms with Gasteiger partial charge in [-0.3, -0.25) is 0 Å². The van der Waals surface area contributed by atoms with Crippen LogP contribution in [0.1, 0.15) is 17.5 Å². The third-order valence-corrected chi connectivity index (χ3v) is 4.67. The minimum Gasteiger partial charge on any atom is -0.490 e. The zero-order valence-electron chi connectivity index (χ0n) is 16.4. The van der Waals surface area contributed by atoms with Gasteiger partial charge in [0.1, 0.15) is 5.58 Å². The fourth-order valence-corrected chi connectivity index (χ4v) is 3.22. The van der Waals surface area contributed by atoms with Crippen molar-refractivity contribution in [1.29, 1.82) is 0 Å². The molecule has 1 heterocycles. The van der Waals surface area contributed by atoms with Gasteiger partial charge in [0.15, 0.2) is 11.3 Å². The number of benzene rings is 2. The Bertz CT molecular complexity index is 1110. The van der Waals surface area contributed by atoms with Crippen LogP contribution in [0.5, 0.6) is 11.5 Å². The summed E-state index contributed by atoms with van der Waals surface area (Å²) in [7, 11) is 1.50. The summed E-state index contributed by atoms with van der Waals surface area (Å²) in [6.45, 7) is 9.10. The Balaban J connectivity index is 1.96. The largest absolute Gasteiger partial charge is 0.490 e. The average Bonchev–Trinajstić information content (AvgIpc) is 3.11. The second-order valence-electron chi connectivity index (χ2n) is 6.40. The van der Waals surface area contributed by atoms with Crippen molar-refractivity contribution in [3.8, 4) is 11.5 Å². The Kier molecular flexibility index (Phi) is 6.02. The molecule has 0 aliphatic heterocycles. The van der Waals surface area contributed by atoms with Crippen LogP contribution in [0, 0.1) is 6.92 Å². The number of fused-ring (bicyclic) bond motifs is 3. The minimum absolute atomic E-state index is 0.269. The molecule has 3 aromatic rings. The number of hydrogen-bond acceptors (Lipinski definition) is 6. The molecule has 0 radical (unpaired) electrons. The van der Waals surface area contributed by atoms with Gasteiger partial charge in [-0.05, 0) is 43.0 Å². The summed E-state index contributed by atoms with van der Waals surface area (Å²) in [4.78, 5) is 22.7. The molecule has 6 heteroatoms. The topological polar surface area (TPSA) is 75.0 Å². The molecule has 6 nitrogen and oxygen atoms in total. The predicted molar refractivity (Wildman–Crippen MR) is 110 cm³/mol. The van der Waals surface area contributed by atoms with Gasteiger partial charge in [0.05, 0.1) is 13.7 Å². The van der Waals surface area contributed by atoms with Crippen molar-refractivity contribution in [1.82, 2.24) is 0 Å². The van der Waals surface area contributed by atoms with Gasteiger partial charge < -0.3 is 18.6 Å². The molecule has 0 amide bonds. The van der Waals surface area contributed by atoms with E-state index in [0.29, 0.717) is 24.4 Å². The van der Waals surface area contributed by atoms with Crippen LogP contribution >= 0.6 is 0 Å². The fourth-order valence-electron chi connectivity index (χ4n) is 3.22. The molecule has 0 saturated carbocycles. The molecule has 0 aliphatic carbocycles. The van der Waals surface area contributed by atoms with E-state index in [0.717, 1.165) is 46.1 Å². The Morgan fingerprint density at radius 3 is 2.41 bits per heavy atom. The van der Waals surface area contributed by atoms with Crippen LogP contribution in [0.25, 0.3) is 21.9 Å². The first-order valence-electron chi connectivity index (χ1n) is 9.15. The molecule has 0 unspecified atom stereocenters. The molecule has 2 aromatic carbocycles. The summed E-state index contributed by atoms with van der Waals surface area (Å²) < 4.78 is 21.9. The highest BCUT2D eigenvalue weighted by atomic mass is 16.6. The summed E-state index contributed by atoms with van der Waals surface area (Å²) in [5, 5.41) is 1.81. The van der Waals surface area contributed by atoms with Gasteiger partial charge in [0.25, 0.3) is 0 Å². The van der Waals surface area contributed by atoms with Crippen molar-refractivity contribution in [3.05, 3.63) is 60.7 Å². The number of rotatable bonds is 8. The molecule has 0 aliphatic rings. The van der Waals surface area contributed by atoms with Gasteiger partial charge in [-0.1, -0.05) is 25.3 Å². The zero-order valence-corrected chi connectivity index (χ0v) is 16.4. The second-order valence-corrected chi connectivity index (χ2v) is 6.40. The Morgan fingerprint density at radius 2 is 1.72 bits per heavy atom. The van der Waals surface area contributed by atoms with E-state index in [4.69, 9.17) is 18.6 Å². The Labute approximate surface area is 168 Å². The van der Waals surface area contributed by atoms with Crippen LogP contribution in [-0.4, -0.2) is 25.7 Å². The molecule has 0 bridgehead atoms. The number of furan rings is 1. The summed E-state index contributed by atoms with van der Waals surface area (Å²) in [6, 6.07) is 7.55. The lowest BCUT2D eigenvalue weighted by atomic mass is 10.0. The highest BCUT2D eigenvalue weighted by Crippen LogP contribution is 2.42. The first-order valence-corrected chi connectivity index (χ1v) is 9.15. The van der Waals surface area contributed by atoms with Gasteiger partial charge in [0.2, 0.25) is 5.75 Å². The zero-order chi connectivity index (χ0) is 21.0. The smallest absolute Gasteiger partial charge is 0.335 e. The van der Waals surface area contributed by atoms with E-state index >= 15 is 0 Å². The van der Waals surface area contributed by atoms with Crippen molar-refractivity contribution >= 4 is 33.9 Å². The quantitative estimate of drug-likeness (QED) is 0.239. The summed E-state index contributed by atoms with van der Waals surface area (Å²) >= 11 is 0. The van der Waals surface area contributed by atoms with E-state index < -0.39 is 11.9 Å². The SMILES string of the molecule is C=CC(=O)OCCCc1ccc2c(oc3c(OC)c(OC(=O)C=C)ccc32)c1C. The van der Waals surface area contributed by atoms with E-state index in [2.05, 4.69) is 13.2 Å². The second kappa shape index (κ2) is 8.65. The van der Waals surface area contributed by atoms with Crippen LogP contribution in [0.2, 0.25) is 0 Å². The van der Waals surface area contributed by atoms with Crippen LogP contribution in [0.3, 0.4) is 0 Å². The maximum Gasteiger partial charge on any atom is 0.335 e. The molecule has 0 saturated heterocycles. The van der Waals surface area contributed by atoms with Crippen molar-refractivity contribution in [3.63, 3.8) is 0 Å². The normalized spacial score (nSPS) is 10.7. The standard InChI is InChI=1S/C23H22O6/c1-5-19(24)27-13-7-8-15-9-10-16-17-11-12-18(28-20(25)6-2)23(26-4)22(17)29-21(16)14(15)3/h5-6,9-12H,1-2,7-8,13H2,3-4H3. The van der Waals surface area contributed by atoms with E-state index in [9.17, 15) is 9.59 Å². The lowest BCUT2D eigenvalue weighted by Gasteiger charge is -2.07. The number of ether oxygens (including phenoxy) is 3. The van der Waals surface area contributed by atoms with Crippen LogP contribution < -0.4 is 9.47 Å². The predicted octanol–water partition coefficient (Wildman–Crippen LogP) is 4.66. The first kappa shape index (κ1) is 20.2. The number of carbonyl (C=O) groups excluding carboxylic acids is 2. The lowest BCUT2D eigenvalue weighted by molar-refractivity contribution is -0.137. The number of aryl methyl sites for hydroxylation is 2. The van der Waals surface area contributed by atoms with Crippen molar-refractivity contribution in [2.75, 3.05) is 13.7 Å². The van der Waals surface area contributed by atoms with Crippen LogP contribution in [0.15, 0.2) is 54.0 Å². The average molecular weight is 394 g/mol. The highest BCUT2D eigenvalue weighted by Gasteiger charge is 2.19. The molecule has 150 valence electrons. The molecule has 0 spiro atoms. The molecular weight excluding hydrogens is 372 g/mol. The summed E-state index contributed by atoms with van der Waals surface area (Å²) in [6.07, 6.45) is 3.67. The van der Waals surface area contributed by atoms with Gasteiger partial charge >= 0.3 is 11.9 Å². The Morgan fingerprint density at radius 1 is 1.03 bits per heavy atom. The third-order valence-electron chi connectivity index (χ3n) is 4.67. The molecular formula is C23H22O6. The van der Waals surface area contributed by atoms with E-state index in [1.807, 2.05) is 25.1 Å². The molecule has 29 heavy (non-hydrogen) atoms. The van der Waals surface area contributed by atoms with Crippen molar-refractivity contribution < 1.29 is 28.2 Å². The first-order chi connectivity index (χ1) is 14.0. The van der Waals surface area contributed by atoms with E-state index in [-0.39, 0.29) is 5.75 Å². The molecule has 0 N–H and O–H groups in total. The number of carbonyl (C=O) groups is 2. The van der Waals surface area contributed by atoms with Gasteiger partial charge in [-0.25, -0.2) is 9.59 Å². The third kappa shape index (κ3) is 4.01. The maximum absolute atomic E-state index is 11.6. The fraction of sp³-hybridized carbons (Fsp3) is 0.217. The molecule has 0 atom stereocenters. The molecule has 3 rings (SSSR count). The monoisotopic (exact) mass is 394 g/mol. The summed E-state index contributed by atoms with van der Waals surface area (Å²) in [5.41, 5.74) is 3.35.